The third kappa shape index (κ3) is 3.30. The highest BCUT2D eigenvalue weighted by molar-refractivity contribution is 7.99. The third-order valence-electron chi connectivity index (χ3n) is 5.59. The Morgan fingerprint density at radius 1 is 1.23 bits per heavy atom. The molecule has 1 aromatic carbocycles. The van der Waals surface area contributed by atoms with Gasteiger partial charge in [0.15, 0.2) is 5.16 Å². The maximum Gasteiger partial charge on any atom is 0.255 e. The summed E-state index contributed by atoms with van der Waals surface area (Å²) in [6.07, 6.45) is 7.07. The standard InChI is InChI=1S/C20H23N3O2S/c21-16(24)11-26-20-22-18-14-9-5-4-8-13(14)10-15(17(18)19(25)23-20)12-6-2-1-3-7-12/h4-5,8-9,12,15H,1-3,6-7,10-11H2,(H2,21,24)(H,22,23,25)/t15-/m1/s1. The van der Waals surface area contributed by atoms with Gasteiger partial charge in [-0.2, -0.15) is 0 Å². The number of H-pyrrole nitrogens is 1. The monoisotopic (exact) mass is 369 g/mol. The van der Waals surface area contributed by atoms with Crippen LogP contribution in [0.25, 0.3) is 11.3 Å². The summed E-state index contributed by atoms with van der Waals surface area (Å²) in [5.41, 5.74) is 9.10. The first-order valence-corrected chi connectivity index (χ1v) is 10.3. The van der Waals surface area contributed by atoms with E-state index in [1.165, 1.54) is 49.4 Å². The molecule has 2 aromatic rings. The van der Waals surface area contributed by atoms with Crippen molar-refractivity contribution in [2.24, 2.45) is 11.7 Å². The molecular weight excluding hydrogens is 346 g/mol. The molecule has 1 amide bonds. The second kappa shape index (κ2) is 7.27. The average Bonchev–Trinajstić information content (AvgIpc) is 2.66. The van der Waals surface area contributed by atoms with Crippen LogP contribution in [0.2, 0.25) is 0 Å². The fourth-order valence-corrected chi connectivity index (χ4v) is 5.03. The molecule has 5 nitrogen and oxygen atoms in total. The number of rotatable bonds is 4. The van der Waals surface area contributed by atoms with Gasteiger partial charge in [-0.15, -0.1) is 0 Å². The molecule has 2 aliphatic carbocycles. The molecule has 1 aromatic heterocycles. The van der Waals surface area contributed by atoms with Gasteiger partial charge in [-0.25, -0.2) is 4.98 Å². The molecule has 0 aliphatic heterocycles. The smallest absolute Gasteiger partial charge is 0.255 e. The number of thioether (sulfide) groups is 1. The van der Waals surface area contributed by atoms with E-state index in [-0.39, 0.29) is 17.2 Å². The van der Waals surface area contributed by atoms with Gasteiger partial charge in [0.25, 0.3) is 5.56 Å². The van der Waals surface area contributed by atoms with Crippen molar-refractivity contribution in [3.8, 4) is 11.3 Å². The largest absolute Gasteiger partial charge is 0.369 e. The maximum atomic E-state index is 13.0. The zero-order chi connectivity index (χ0) is 18.1. The van der Waals surface area contributed by atoms with Gasteiger partial charge in [-0.1, -0.05) is 55.3 Å². The molecular formula is C20H23N3O2S. The van der Waals surface area contributed by atoms with E-state index in [4.69, 9.17) is 10.7 Å². The first kappa shape index (κ1) is 17.3. The Morgan fingerprint density at radius 2 is 2.00 bits per heavy atom. The van der Waals surface area contributed by atoms with Gasteiger partial charge in [0.2, 0.25) is 5.91 Å². The summed E-state index contributed by atoms with van der Waals surface area (Å²) in [7, 11) is 0. The Bertz CT molecular complexity index is 887. The minimum absolute atomic E-state index is 0.0629. The van der Waals surface area contributed by atoms with Crippen molar-refractivity contribution in [2.45, 2.75) is 49.6 Å². The summed E-state index contributed by atoms with van der Waals surface area (Å²) in [6.45, 7) is 0. The predicted molar refractivity (Wildman–Crippen MR) is 103 cm³/mol. The van der Waals surface area contributed by atoms with Crippen molar-refractivity contribution >= 4 is 17.7 Å². The fourth-order valence-electron chi connectivity index (χ4n) is 4.43. The molecule has 26 heavy (non-hydrogen) atoms. The number of hydrogen-bond donors (Lipinski definition) is 2. The molecule has 4 rings (SSSR count). The predicted octanol–water partition coefficient (Wildman–Crippen LogP) is 3.23. The highest BCUT2D eigenvalue weighted by Gasteiger charge is 2.34. The number of amides is 1. The molecule has 1 saturated carbocycles. The van der Waals surface area contributed by atoms with E-state index >= 15 is 0 Å². The van der Waals surface area contributed by atoms with Gasteiger partial charge < -0.3 is 10.7 Å². The minimum Gasteiger partial charge on any atom is -0.369 e. The normalized spacial score (nSPS) is 19.6. The summed E-state index contributed by atoms with van der Waals surface area (Å²) < 4.78 is 0. The maximum absolute atomic E-state index is 13.0. The van der Waals surface area contributed by atoms with Gasteiger partial charge in [0, 0.05) is 11.1 Å². The number of hydrogen-bond acceptors (Lipinski definition) is 4. The minimum atomic E-state index is -0.421. The lowest BCUT2D eigenvalue weighted by Crippen LogP contribution is -2.30. The number of nitrogens with one attached hydrogen (secondary N) is 1. The van der Waals surface area contributed by atoms with Crippen LogP contribution in [0.3, 0.4) is 0 Å². The molecule has 0 saturated heterocycles. The first-order valence-electron chi connectivity index (χ1n) is 9.27. The van der Waals surface area contributed by atoms with Crippen LogP contribution >= 0.6 is 11.8 Å². The van der Waals surface area contributed by atoms with Crippen LogP contribution in [0.15, 0.2) is 34.2 Å². The quantitative estimate of drug-likeness (QED) is 0.640. The summed E-state index contributed by atoms with van der Waals surface area (Å²) in [6, 6.07) is 8.23. The van der Waals surface area contributed by atoms with Crippen LogP contribution in [-0.4, -0.2) is 21.6 Å². The zero-order valence-electron chi connectivity index (χ0n) is 14.7. The number of aromatic nitrogens is 2. The molecule has 3 N–H and O–H groups in total. The van der Waals surface area contributed by atoms with E-state index < -0.39 is 5.91 Å². The number of carbonyl (C=O) groups excluding carboxylic acids is 1. The van der Waals surface area contributed by atoms with Gasteiger partial charge in [-0.3, -0.25) is 9.59 Å². The van der Waals surface area contributed by atoms with Crippen LogP contribution in [0.4, 0.5) is 0 Å². The van der Waals surface area contributed by atoms with Crippen LogP contribution in [-0.2, 0) is 11.2 Å². The summed E-state index contributed by atoms with van der Waals surface area (Å²) in [4.78, 5) is 31.7. The Hall–Kier alpha value is -2.08. The van der Waals surface area contributed by atoms with E-state index in [9.17, 15) is 9.59 Å². The number of carbonyl (C=O) groups is 1. The Morgan fingerprint density at radius 3 is 2.77 bits per heavy atom. The van der Waals surface area contributed by atoms with Crippen molar-refractivity contribution < 1.29 is 4.79 Å². The van der Waals surface area contributed by atoms with Crippen LogP contribution < -0.4 is 11.3 Å². The number of nitrogens with zero attached hydrogens (tertiary/aromatic N) is 1. The molecule has 6 heteroatoms. The zero-order valence-corrected chi connectivity index (χ0v) is 15.5. The summed E-state index contributed by atoms with van der Waals surface area (Å²) >= 11 is 1.19. The number of benzene rings is 1. The van der Waals surface area contributed by atoms with Crippen LogP contribution in [0.5, 0.6) is 0 Å². The average molecular weight is 369 g/mol. The lowest BCUT2D eigenvalue weighted by Gasteiger charge is -2.34. The summed E-state index contributed by atoms with van der Waals surface area (Å²) in [5.74, 6) is 0.459. The van der Waals surface area contributed by atoms with E-state index in [2.05, 4.69) is 17.1 Å². The Balaban J connectivity index is 1.80. The van der Waals surface area contributed by atoms with Gasteiger partial charge in [0.1, 0.15) is 0 Å². The van der Waals surface area contributed by atoms with E-state index in [0.717, 1.165) is 23.2 Å². The van der Waals surface area contributed by atoms with E-state index in [1.807, 2.05) is 12.1 Å². The van der Waals surface area contributed by atoms with E-state index in [1.54, 1.807) is 0 Å². The number of primary amides is 1. The number of aromatic amines is 1. The highest BCUT2D eigenvalue weighted by Crippen LogP contribution is 2.44. The molecule has 1 fully saturated rings. The van der Waals surface area contributed by atoms with Crippen molar-refractivity contribution in [1.82, 2.24) is 9.97 Å². The molecule has 0 bridgehead atoms. The summed E-state index contributed by atoms with van der Waals surface area (Å²) in [5, 5.41) is 0.464. The Kier molecular flexibility index (Phi) is 4.85. The lowest BCUT2D eigenvalue weighted by atomic mass is 9.70. The van der Waals surface area contributed by atoms with Crippen LogP contribution in [0.1, 0.15) is 49.1 Å². The molecule has 0 unspecified atom stereocenters. The lowest BCUT2D eigenvalue weighted by molar-refractivity contribution is -0.115. The van der Waals surface area contributed by atoms with Gasteiger partial charge >= 0.3 is 0 Å². The molecule has 136 valence electrons. The second-order valence-electron chi connectivity index (χ2n) is 7.25. The molecule has 1 heterocycles. The van der Waals surface area contributed by atoms with E-state index in [0.29, 0.717) is 11.1 Å². The number of fused-ring (bicyclic) bond motifs is 3. The van der Waals surface area contributed by atoms with Crippen LogP contribution in [0, 0.1) is 5.92 Å². The molecule has 1 atom stereocenters. The fraction of sp³-hybridized carbons (Fsp3) is 0.450. The first-order chi connectivity index (χ1) is 12.6. The Labute approximate surface area is 156 Å². The molecule has 0 spiro atoms. The van der Waals surface area contributed by atoms with Crippen molar-refractivity contribution in [3.05, 3.63) is 45.7 Å². The van der Waals surface area contributed by atoms with Gasteiger partial charge in [0.05, 0.1) is 11.4 Å². The third-order valence-corrected chi connectivity index (χ3v) is 6.48. The topological polar surface area (TPSA) is 88.8 Å². The van der Waals surface area contributed by atoms with Crippen molar-refractivity contribution in [2.75, 3.05) is 5.75 Å². The number of nitrogens with two attached hydrogens (primary N) is 1. The molecule has 0 radical (unpaired) electrons. The van der Waals surface area contributed by atoms with Crippen molar-refractivity contribution in [3.63, 3.8) is 0 Å². The van der Waals surface area contributed by atoms with Gasteiger partial charge in [-0.05, 0) is 36.7 Å². The SMILES string of the molecule is NC(=O)CSc1nc2c(c(=O)[nH]1)[C@@H](C1CCCCC1)Cc1ccccc1-2. The molecule has 2 aliphatic rings. The second-order valence-corrected chi connectivity index (χ2v) is 8.22. The highest BCUT2D eigenvalue weighted by atomic mass is 32.2. The van der Waals surface area contributed by atoms with Crippen molar-refractivity contribution in [1.29, 1.82) is 0 Å².